The molecule has 0 saturated carbocycles. The lowest BCUT2D eigenvalue weighted by Gasteiger charge is -2.30. The summed E-state index contributed by atoms with van der Waals surface area (Å²) < 4.78 is 38.0. The fraction of sp³-hybridized carbons (Fsp3) is 0.591. The lowest BCUT2D eigenvalue weighted by molar-refractivity contribution is -0.116. The summed E-state index contributed by atoms with van der Waals surface area (Å²) in [4.78, 5) is 14.6. The van der Waals surface area contributed by atoms with Crippen molar-refractivity contribution in [1.29, 1.82) is 0 Å². The Balaban J connectivity index is 2.07. The Hall–Kier alpha value is -1.94. The van der Waals surface area contributed by atoms with E-state index in [9.17, 15) is 13.2 Å². The van der Waals surface area contributed by atoms with Crippen molar-refractivity contribution < 1.29 is 22.7 Å². The van der Waals surface area contributed by atoms with Gasteiger partial charge in [0.15, 0.2) is 0 Å². The third kappa shape index (κ3) is 7.03. The molecule has 0 aliphatic carbocycles. The van der Waals surface area contributed by atoms with Gasteiger partial charge in [-0.1, -0.05) is 6.07 Å². The summed E-state index contributed by atoms with van der Waals surface area (Å²) in [6, 6.07) is 5.66. The number of ether oxygens (including phenoxy) is 2. The van der Waals surface area contributed by atoms with Gasteiger partial charge in [-0.25, -0.2) is 8.42 Å². The molecular weight excluding hydrogens is 418 g/mol. The number of methoxy groups -OCH3 is 1. The average Bonchev–Trinajstić information content (AvgIpc) is 2.75. The van der Waals surface area contributed by atoms with E-state index in [1.54, 1.807) is 18.2 Å². The molecule has 1 N–H and O–H groups in total. The molecule has 1 amide bonds. The largest absolute Gasteiger partial charge is 0.495 e. The van der Waals surface area contributed by atoms with Gasteiger partial charge >= 0.3 is 0 Å². The maximum absolute atomic E-state index is 13.1. The Morgan fingerprint density at radius 2 is 1.87 bits per heavy atom. The van der Waals surface area contributed by atoms with E-state index >= 15 is 0 Å². The predicted octanol–water partition coefficient (Wildman–Crippen LogP) is 1.96. The molecule has 0 unspecified atom stereocenters. The van der Waals surface area contributed by atoms with Crippen molar-refractivity contribution in [3.63, 3.8) is 0 Å². The summed E-state index contributed by atoms with van der Waals surface area (Å²) in [5.41, 5.74) is 0.605. The first kappa shape index (κ1) is 25.3. The first-order chi connectivity index (χ1) is 14.7. The number of carbonyl (C=O) groups excluding carboxylic acids is 1. The van der Waals surface area contributed by atoms with Crippen LogP contribution in [-0.4, -0.2) is 82.1 Å². The van der Waals surface area contributed by atoms with Crippen LogP contribution in [0.25, 0.3) is 6.08 Å². The fourth-order valence-corrected chi connectivity index (χ4v) is 5.17. The van der Waals surface area contributed by atoms with E-state index in [-0.39, 0.29) is 16.6 Å². The standard InChI is InChI=1S/C22H35N3O5S/c1-17(2)25(18(3)4)11-10-23-22(26)9-7-19-6-8-20(29-5)21(16-19)31(27,28)24-12-14-30-15-13-24/h6-9,16-18H,10-15H2,1-5H3,(H,23,26)/b9-7+. The molecule has 0 spiro atoms. The third-order valence-corrected chi connectivity index (χ3v) is 7.12. The van der Waals surface area contributed by atoms with Crippen molar-refractivity contribution in [3.05, 3.63) is 29.8 Å². The zero-order chi connectivity index (χ0) is 23.0. The number of rotatable bonds is 10. The number of hydrogen-bond acceptors (Lipinski definition) is 6. The van der Waals surface area contributed by atoms with Gasteiger partial charge in [-0.3, -0.25) is 9.69 Å². The van der Waals surface area contributed by atoms with Crippen molar-refractivity contribution in [2.45, 2.75) is 44.7 Å². The maximum atomic E-state index is 13.1. The van der Waals surface area contributed by atoms with E-state index < -0.39 is 10.0 Å². The molecule has 0 radical (unpaired) electrons. The van der Waals surface area contributed by atoms with Crippen LogP contribution in [0.3, 0.4) is 0 Å². The lowest BCUT2D eigenvalue weighted by atomic mass is 10.2. The van der Waals surface area contributed by atoms with Crippen LogP contribution in [0.5, 0.6) is 5.75 Å². The normalized spacial score (nSPS) is 15.9. The molecule has 9 heteroatoms. The summed E-state index contributed by atoms with van der Waals surface area (Å²) in [6.07, 6.45) is 3.03. The van der Waals surface area contributed by atoms with E-state index in [0.717, 1.165) is 6.54 Å². The Labute approximate surface area is 186 Å². The molecule has 1 heterocycles. The number of nitrogens with zero attached hydrogens (tertiary/aromatic N) is 2. The second-order valence-electron chi connectivity index (χ2n) is 7.98. The molecule has 1 fully saturated rings. The van der Waals surface area contributed by atoms with Gasteiger partial charge in [0.1, 0.15) is 10.6 Å². The Morgan fingerprint density at radius 3 is 2.45 bits per heavy atom. The number of morpholine rings is 1. The van der Waals surface area contributed by atoms with Gasteiger partial charge < -0.3 is 14.8 Å². The molecule has 8 nitrogen and oxygen atoms in total. The monoisotopic (exact) mass is 453 g/mol. The van der Waals surface area contributed by atoms with Crippen LogP contribution < -0.4 is 10.1 Å². The van der Waals surface area contributed by atoms with Gasteiger partial charge in [0, 0.05) is 44.3 Å². The lowest BCUT2D eigenvalue weighted by Crippen LogP contribution is -2.42. The van der Waals surface area contributed by atoms with E-state index in [1.807, 2.05) is 0 Å². The van der Waals surface area contributed by atoms with Gasteiger partial charge in [-0.2, -0.15) is 4.31 Å². The quantitative estimate of drug-likeness (QED) is 0.545. The highest BCUT2D eigenvalue weighted by Crippen LogP contribution is 2.28. The van der Waals surface area contributed by atoms with E-state index in [0.29, 0.717) is 50.5 Å². The summed E-state index contributed by atoms with van der Waals surface area (Å²) in [5.74, 6) is 0.0522. The third-order valence-electron chi connectivity index (χ3n) is 5.20. The summed E-state index contributed by atoms with van der Waals surface area (Å²) >= 11 is 0. The van der Waals surface area contributed by atoms with Gasteiger partial charge in [-0.15, -0.1) is 0 Å². The summed E-state index contributed by atoms with van der Waals surface area (Å²) in [7, 11) is -2.28. The number of benzene rings is 1. The number of hydrogen-bond donors (Lipinski definition) is 1. The van der Waals surface area contributed by atoms with Crippen LogP contribution in [0.4, 0.5) is 0 Å². The molecule has 1 aliphatic heterocycles. The molecule has 2 rings (SSSR count). The minimum atomic E-state index is -3.72. The zero-order valence-electron chi connectivity index (χ0n) is 19.1. The van der Waals surface area contributed by atoms with E-state index in [4.69, 9.17) is 9.47 Å². The highest BCUT2D eigenvalue weighted by Gasteiger charge is 2.29. The zero-order valence-corrected chi connectivity index (χ0v) is 19.9. The molecule has 1 aromatic carbocycles. The molecule has 0 bridgehead atoms. The minimum Gasteiger partial charge on any atom is -0.495 e. The smallest absolute Gasteiger partial charge is 0.246 e. The van der Waals surface area contributed by atoms with Crippen LogP contribution in [0.2, 0.25) is 0 Å². The summed E-state index contributed by atoms with van der Waals surface area (Å²) in [6.45, 7) is 11.2. The molecule has 31 heavy (non-hydrogen) atoms. The molecule has 1 aliphatic rings. The molecule has 174 valence electrons. The van der Waals surface area contributed by atoms with Crippen LogP contribution in [0.1, 0.15) is 33.3 Å². The topological polar surface area (TPSA) is 88.2 Å². The van der Waals surface area contributed by atoms with Crippen molar-refractivity contribution in [1.82, 2.24) is 14.5 Å². The Morgan fingerprint density at radius 1 is 1.23 bits per heavy atom. The van der Waals surface area contributed by atoms with Crippen molar-refractivity contribution >= 4 is 22.0 Å². The molecule has 1 saturated heterocycles. The van der Waals surface area contributed by atoms with Crippen molar-refractivity contribution in [3.8, 4) is 5.75 Å². The van der Waals surface area contributed by atoms with Crippen LogP contribution in [0.15, 0.2) is 29.2 Å². The number of amides is 1. The number of sulfonamides is 1. The number of nitrogens with one attached hydrogen (secondary N) is 1. The minimum absolute atomic E-state index is 0.0870. The molecule has 0 aromatic heterocycles. The van der Waals surface area contributed by atoms with Gasteiger partial charge in [0.05, 0.1) is 20.3 Å². The average molecular weight is 454 g/mol. The predicted molar refractivity (Wildman–Crippen MR) is 122 cm³/mol. The van der Waals surface area contributed by atoms with Crippen LogP contribution in [0, 0.1) is 0 Å². The van der Waals surface area contributed by atoms with Crippen LogP contribution >= 0.6 is 0 Å². The first-order valence-corrected chi connectivity index (χ1v) is 12.1. The molecule has 0 atom stereocenters. The van der Waals surface area contributed by atoms with E-state index in [1.165, 1.54) is 23.6 Å². The van der Waals surface area contributed by atoms with Crippen molar-refractivity contribution in [2.24, 2.45) is 0 Å². The Bertz CT molecular complexity index is 854. The molecular formula is C22H35N3O5S. The van der Waals surface area contributed by atoms with Gasteiger partial charge in [0.25, 0.3) is 0 Å². The SMILES string of the molecule is COc1ccc(/C=C/C(=O)NCCN(C(C)C)C(C)C)cc1S(=O)(=O)N1CCOCC1. The molecule has 1 aromatic rings. The maximum Gasteiger partial charge on any atom is 0.246 e. The van der Waals surface area contributed by atoms with E-state index in [2.05, 4.69) is 37.9 Å². The highest BCUT2D eigenvalue weighted by molar-refractivity contribution is 7.89. The van der Waals surface area contributed by atoms with Crippen molar-refractivity contribution in [2.75, 3.05) is 46.5 Å². The number of carbonyl (C=O) groups is 1. The second kappa shape index (κ2) is 11.6. The first-order valence-electron chi connectivity index (χ1n) is 10.6. The van der Waals surface area contributed by atoms with Crippen LogP contribution in [-0.2, 0) is 19.6 Å². The summed E-state index contributed by atoms with van der Waals surface area (Å²) in [5, 5.41) is 2.88. The Kier molecular flexibility index (Phi) is 9.49. The highest BCUT2D eigenvalue weighted by atomic mass is 32.2. The fourth-order valence-electron chi connectivity index (χ4n) is 3.58. The van der Waals surface area contributed by atoms with Gasteiger partial charge in [0.2, 0.25) is 15.9 Å². The second-order valence-corrected chi connectivity index (χ2v) is 9.88. The van der Waals surface area contributed by atoms with Gasteiger partial charge in [-0.05, 0) is 51.5 Å².